The molecule has 3 N–H and O–H groups in total. The van der Waals surface area contributed by atoms with Crippen LogP contribution >= 0.6 is 22.9 Å². The van der Waals surface area contributed by atoms with Crippen molar-refractivity contribution in [2.75, 3.05) is 11.9 Å². The van der Waals surface area contributed by atoms with Crippen molar-refractivity contribution in [1.29, 1.82) is 0 Å². The molecule has 1 aliphatic rings. The third-order valence-corrected chi connectivity index (χ3v) is 4.40. The van der Waals surface area contributed by atoms with Crippen molar-refractivity contribution in [3.8, 4) is 11.3 Å². The molecule has 1 aliphatic heterocycles. The molecule has 1 fully saturated rings. The summed E-state index contributed by atoms with van der Waals surface area (Å²) in [7, 11) is 0. The van der Waals surface area contributed by atoms with Crippen molar-refractivity contribution in [3.63, 3.8) is 0 Å². The summed E-state index contributed by atoms with van der Waals surface area (Å²) in [6.45, 7) is 0.445. The van der Waals surface area contributed by atoms with E-state index in [4.69, 9.17) is 11.6 Å². The lowest BCUT2D eigenvalue weighted by molar-refractivity contribution is -0.117. The highest BCUT2D eigenvalue weighted by Gasteiger charge is 2.28. The minimum atomic E-state index is -0.462. The zero-order valence-electron chi connectivity index (χ0n) is 11.0. The number of aliphatic hydroxyl groups is 1. The average molecular weight is 324 g/mol. The van der Waals surface area contributed by atoms with E-state index < -0.39 is 6.10 Å². The highest BCUT2D eigenvalue weighted by molar-refractivity contribution is 7.14. The molecule has 5 nitrogen and oxygen atoms in total. The smallest absolute Gasteiger partial charge is 0.243 e. The molecule has 1 amide bonds. The van der Waals surface area contributed by atoms with Gasteiger partial charge in [-0.1, -0.05) is 29.8 Å². The standard InChI is InChI=1S/C14H14ClN3O2S/c15-10-4-2-1-3-9(10)12-7-21-14(17-12)18-13(20)11-5-8(19)6-16-11/h1-4,7-8,11,16,19H,5-6H2,(H,17,18,20)/t8-,11+/m0/s1. The molecule has 0 spiro atoms. The number of thiazole rings is 1. The van der Waals surface area contributed by atoms with E-state index in [-0.39, 0.29) is 11.9 Å². The van der Waals surface area contributed by atoms with Crippen LogP contribution in [0.4, 0.5) is 5.13 Å². The first kappa shape index (κ1) is 14.5. The highest BCUT2D eigenvalue weighted by atomic mass is 35.5. The molecule has 21 heavy (non-hydrogen) atoms. The maximum absolute atomic E-state index is 12.0. The van der Waals surface area contributed by atoms with E-state index in [1.807, 2.05) is 23.6 Å². The minimum Gasteiger partial charge on any atom is -0.392 e. The third-order valence-electron chi connectivity index (χ3n) is 3.31. The molecule has 0 saturated carbocycles. The van der Waals surface area contributed by atoms with Crippen LogP contribution in [0.1, 0.15) is 6.42 Å². The lowest BCUT2D eigenvalue weighted by Gasteiger charge is -2.08. The van der Waals surface area contributed by atoms with Crippen molar-refractivity contribution < 1.29 is 9.90 Å². The molecule has 0 radical (unpaired) electrons. The maximum Gasteiger partial charge on any atom is 0.243 e. The van der Waals surface area contributed by atoms with Gasteiger partial charge >= 0.3 is 0 Å². The van der Waals surface area contributed by atoms with E-state index in [1.165, 1.54) is 11.3 Å². The fourth-order valence-electron chi connectivity index (χ4n) is 2.23. The summed E-state index contributed by atoms with van der Waals surface area (Å²) in [6, 6.07) is 7.07. The van der Waals surface area contributed by atoms with E-state index in [0.29, 0.717) is 23.1 Å². The number of carbonyl (C=O) groups is 1. The van der Waals surface area contributed by atoms with Crippen LogP contribution < -0.4 is 10.6 Å². The number of rotatable bonds is 3. The number of benzene rings is 1. The molecule has 1 saturated heterocycles. The van der Waals surface area contributed by atoms with Crippen LogP contribution in [-0.4, -0.2) is 34.7 Å². The molecule has 110 valence electrons. The number of anilines is 1. The molecule has 0 bridgehead atoms. The summed E-state index contributed by atoms with van der Waals surface area (Å²) in [4.78, 5) is 16.4. The van der Waals surface area contributed by atoms with Crippen LogP contribution in [0.5, 0.6) is 0 Å². The Bertz CT molecular complexity index is 661. The molecular formula is C14H14ClN3O2S. The molecular weight excluding hydrogens is 310 g/mol. The highest BCUT2D eigenvalue weighted by Crippen LogP contribution is 2.30. The van der Waals surface area contributed by atoms with Crippen LogP contribution in [0, 0.1) is 0 Å². The molecule has 7 heteroatoms. The Kier molecular flexibility index (Phi) is 4.21. The van der Waals surface area contributed by atoms with Crippen molar-refractivity contribution in [2.45, 2.75) is 18.6 Å². The van der Waals surface area contributed by atoms with Gasteiger partial charge in [-0.2, -0.15) is 0 Å². The van der Waals surface area contributed by atoms with Gasteiger partial charge in [-0.05, 0) is 12.5 Å². The maximum atomic E-state index is 12.0. The van der Waals surface area contributed by atoms with Gasteiger partial charge < -0.3 is 15.7 Å². The van der Waals surface area contributed by atoms with Gasteiger partial charge in [0.1, 0.15) is 0 Å². The summed E-state index contributed by atoms with van der Waals surface area (Å²) >= 11 is 7.48. The van der Waals surface area contributed by atoms with Crippen LogP contribution in [0.15, 0.2) is 29.6 Å². The second-order valence-electron chi connectivity index (χ2n) is 4.86. The SMILES string of the molecule is O=C(Nc1nc(-c2ccccc2Cl)cs1)[C@H]1C[C@H](O)CN1. The molecule has 2 heterocycles. The fraction of sp³-hybridized carbons (Fsp3) is 0.286. The number of aromatic nitrogens is 1. The van der Waals surface area contributed by atoms with Gasteiger partial charge in [0.15, 0.2) is 5.13 Å². The van der Waals surface area contributed by atoms with Crippen molar-refractivity contribution >= 4 is 34.0 Å². The number of hydrogen-bond acceptors (Lipinski definition) is 5. The Labute approximate surface area is 131 Å². The van der Waals surface area contributed by atoms with Crippen LogP contribution in [0.2, 0.25) is 5.02 Å². The van der Waals surface area contributed by atoms with Crippen molar-refractivity contribution in [1.82, 2.24) is 10.3 Å². The summed E-state index contributed by atoms with van der Waals surface area (Å²) in [5.41, 5.74) is 1.57. The van der Waals surface area contributed by atoms with Gasteiger partial charge in [0.2, 0.25) is 5.91 Å². The van der Waals surface area contributed by atoms with E-state index in [9.17, 15) is 9.90 Å². The normalized spacial score (nSPS) is 21.4. The molecule has 2 aromatic rings. The first-order valence-corrected chi connectivity index (χ1v) is 7.82. The predicted octanol–water partition coefficient (Wildman–Crippen LogP) is 2.12. The van der Waals surface area contributed by atoms with E-state index in [0.717, 1.165) is 11.3 Å². The Morgan fingerprint density at radius 1 is 1.48 bits per heavy atom. The number of amides is 1. The number of nitrogens with zero attached hydrogens (tertiary/aromatic N) is 1. The number of nitrogens with one attached hydrogen (secondary N) is 2. The van der Waals surface area contributed by atoms with Gasteiger partial charge in [0, 0.05) is 22.5 Å². The minimum absolute atomic E-state index is 0.174. The quantitative estimate of drug-likeness (QED) is 0.809. The number of hydrogen-bond donors (Lipinski definition) is 3. The second-order valence-corrected chi connectivity index (χ2v) is 6.12. The van der Waals surface area contributed by atoms with Gasteiger partial charge in [-0.3, -0.25) is 4.79 Å². The number of aliphatic hydroxyl groups excluding tert-OH is 1. The zero-order valence-corrected chi connectivity index (χ0v) is 12.6. The molecule has 0 aliphatic carbocycles. The average Bonchev–Trinajstić information content (AvgIpc) is 3.08. The fourth-order valence-corrected chi connectivity index (χ4v) is 3.18. The van der Waals surface area contributed by atoms with Crippen molar-refractivity contribution in [2.24, 2.45) is 0 Å². The topological polar surface area (TPSA) is 74.2 Å². The second kappa shape index (κ2) is 6.11. The zero-order chi connectivity index (χ0) is 14.8. The summed E-state index contributed by atoms with van der Waals surface area (Å²) < 4.78 is 0. The summed E-state index contributed by atoms with van der Waals surface area (Å²) in [5.74, 6) is -0.174. The van der Waals surface area contributed by atoms with Gasteiger partial charge in [-0.15, -0.1) is 11.3 Å². The molecule has 3 rings (SSSR count). The summed E-state index contributed by atoms with van der Waals surface area (Å²) in [5, 5.41) is 18.2. The first-order chi connectivity index (χ1) is 10.1. The monoisotopic (exact) mass is 323 g/mol. The van der Waals surface area contributed by atoms with Crippen LogP contribution in [0.3, 0.4) is 0 Å². The molecule has 1 aromatic heterocycles. The van der Waals surface area contributed by atoms with Gasteiger partial charge in [-0.25, -0.2) is 4.98 Å². The van der Waals surface area contributed by atoms with Crippen LogP contribution in [0.25, 0.3) is 11.3 Å². The number of halogens is 1. The van der Waals surface area contributed by atoms with Gasteiger partial charge in [0.05, 0.1) is 17.8 Å². The lowest BCUT2D eigenvalue weighted by atomic mass is 10.2. The number of carbonyl (C=O) groups excluding carboxylic acids is 1. The van der Waals surface area contributed by atoms with Gasteiger partial charge in [0.25, 0.3) is 0 Å². The Hall–Kier alpha value is -1.47. The molecule has 2 atom stereocenters. The number of β-amino-alcohol motifs (C(OH)–C–C–N with tert-alkyl or cyclic N) is 1. The molecule has 1 aromatic carbocycles. The Balaban J connectivity index is 1.71. The Morgan fingerprint density at radius 3 is 3.00 bits per heavy atom. The predicted molar refractivity (Wildman–Crippen MR) is 83.6 cm³/mol. The molecule has 0 unspecified atom stereocenters. The van der Waals surface area contributed by atoms with E-state index >= 15 is 0 Å². The van der Waals surface area contributed by atoms with Crippen LogP contribution in [-0.2, 0) is 4.79 Å². The first-order valence-electron chi connectivity index (χ1n) is 6.56. The largest absolute Gasteiger partial charge is 0.392 e. The lowest BCUT2D eigenvalue weighted by Crippen LogP contribution is -2.35. The third kappa shape index (κ3) is 3.24. The summed E-state index contributed by atoms with van der Waals surface area (Å²) in [6.07, 6.45) is -0.0371. The van der Waals surface area contributed by atoms with E-state index in [1.54, 1.807) is 6.07 Å². The van der Waals surface area contributed by atoms with E-state index in [2.05, 4.69) is 15.6 Å². The Morgan fingerprint density at radius 2 is 2.29 bits per heavy atom. The van der Waals surface area contributed by atoms with Crippen molar-refractivity contribution in [3.05, 3.63) is 34.7 Å².